The number of rotatable bonds is 2. The molecule has 0 fully saturated rings. The van der Waals surface area contributed by atoms with Gasteiger partial charge in [0.05, 0.1) is 11.7 Å². The molecular weight excluding hydrogens is 314 g/mol. The Hall–Kier alpha value is -2.16. The second-order valence-corrected chi connectivity index (χ2v) is 4.83. The van der Waals surface area contributed by atoms with Gasteiger partial charge in [-0.2, -0.15) is 36.4 Å². The van der Waals surface area contributed by atoms with Crippen LogP contribution in [0.25, 0.3) is 0 Å². The van der Waals surface area contributed by atoms with Crippen LogP contribution < -0.4 is 5.43 Å². The fourth-order valence-electron chi connectivity index (χ4n) is 2.26. The van der Waals surface area contributed by atoms with Crippen molar-refractivity contribution in [3.63, 3.8) is 0 Å². The van der Waals surface area contributed by atoms with Crippen LogP contribution in [0.2, 0.25) is 0 Å². The summed E-state index contributed by atoms with van der Waals surface area (Å²) >= 11 is 0. The van der Waals surface area contributed by atoms with Crippen molar-refractivity contribution in [1.82, 2.24) is 10.4 Å². The van der Waals surface area contributed by atoms with Crippen molar-refractivity contribution in [2.75, 3.05) is 0 Å². The van der Waals surface area contributed by atoms with Crippen molar-refractivity contribution in [3.8, 4) is 0 Å². The molecule has 3 aromatic rings. The van der Waals surface area contributed by atoms with Gasteiger partial charge in [-0.05, 0) is 24.3 Å². The van der Waals surface area contributed by atoms with Crippen molar-refractivity contribution in [1.29, 1.82) is 0 Å². The molecule has 2 heterocycles. The summed E-state index contributed by atoms with van der Waals surface area (Å²) in [5, 5.41) is 4.36. The number of aromatic nitrogens is 1. The van der Waals surface area contributed by atoms with Crippen molar-refractivity contribution in [2.24, 2.45) is 5.10 Å². The Balaban J connectivity index is 0.000000253. The number of hydrogen-bond donors (Lipinski definition) is 1. The van der Waals surface area contributed by atoms with E-state index >= 15 is 0 Å². The van der Waals surface area contributed by atoms with E-state index in [-0.39, 0.29) is 23.1 Å². The first-order chi connectivity index (χ1) is 10.4. The van der Waals surface area contributed by atoms with Crippen LogP contribution in [0.4, 0.5) is 0 Å². The van der Waals surface area contributed by atoms with E-state index in [0.717, 1.165) is 17.8 Å². The monoisotopic (exact) mass is 331 g/mol. The fourth-order valence-corrected chi connectivity index (χ4v) is 2.26. The van der Waals surface area contributed by atoms with Crippen LogP contribution in [0.5, 0.6) is 0 Å². The third-order valence-corrected chi connectivity index (χ3v) is 3.35. The quantitative estimate of drug-likeness (QED) is 0.575. The molecule has 3 nitrogen and oxygen atoms in total. The summed E-state index contributed by atoms with van der Waals surface area (Å²) in [5.74, 6) is 0. The molecule has 1 N–H and O–H groups in total. The first-order valence-corrected chi connectivity index (χ1v) is 7.05. The Labute approximate surface area is 141 Å². The Bertz CT molecular complexity index is 640. The van der Waals surface area contributed by atoms with Gasteiger partial charge in [-0.25, -0.2) is 17.2 Å². The van der Waals surface area contributed by atoms with E-state index in [1.54, 1.807) is 0 Å². The molecule has 1 atom stereocenters. The molecule has 0 bridgehead atoms. The molecule has 0 spiro atoms. The van der Waals surface area contributed by atoms with Gasteiger partial charge in [0.2, 0.25) is 0 Å². The summed E-state index contributed by atoms with van der Waals surface area (Å²) in [6, 6.07) is 24.4. The normalized spacial score (nSPS) is 15.8. The summed E-state index contributed by atoms with van der Waals surface area (Å²) in [6.45, 7) is 0. The molecule has 0 radical (unpaired) electrons. The molecule has 1 aliphatic rings. The van der Waals surface area contributed by atoms with Crippen molar-refractivity contribution in [3.05, 3.63) is 90.3 Å². The Morgan fingerprint density at radius 1 is 1.00 bits per heavy atom. The average Bonchev–Trinajstić information content (AvgIpc) is 3.30. The zero-order valence-electron chi connectivity index (χ0n) is 12.0. The summed E-state index contributed by atoms with van der Waals surface area (Å²) in [6.07, 6.45) is 2.72. The van der Waals surface area contributed by atoms with Crippen LogP contribution in [-0.4, -0.2) is 10.7 Å². The predicted octanol–water partition coefficient (Wildman–Crippen LogP) is 3.64. The van der Waals surface area contributed by atoms with Crippen LogP contribution in [0.1, 0.15) is 23.7 Å². The third-order valence-electron chi connectivity index (χ3n) is 3.35. The summed E-state index contributed by atoms with van der Waals surface area (Å²) in [4.78, 5) is 4.34. The fraction of sp³-hybridized carbons (Fsp3) is 0.111. The second kappa shape index (κ2) is 8.32. The smallest absolute Gasteiger partial charge is 0.310 e. The molecule has 22 heavy (non-hydrogen) atoms. The van der Waals surface area contributed by atoms with E-state index in [2.05, 4.69) is 27.6 Å². The molecule has 0 aliphatic carbocycles. The maximum Gasteiger partial charge on any atom is 2.00 e. The van der Waals surface area contributed by atoms with E-state index < -0.39 is 0 Å². The van der Waals surface area contributed by atoms with Crippen LogP contribution in [0, 0.1) is 0 Å². The summed E-state index contributed by atoms with van der Waals surface area (Å²) in [5.41, 5.74) is 6.50. The van der Waals surface area contributed by atoms with Crippen molar-refractivity contribution in [2.45, 2.75) is 12.5 Å². The van der Waals surface area contributed by atoms with Crippen molar-refractivity contribution >= 4 is 5.71 Å². The first-order valence-electron chi connectivity index (χ1n) is 7.05. The molecule has 4 heteroatoms. The zero-order chi connectivity index (χ0) is 14.3. The van der Waals surface area contributed by atoms with Crippen LogP contribution >= 0.6 is 0 Å². The topological polar surface area (TPSA) is 37.3 Å². The summed E-state index contributed by atoms with van der Waals surface area (Å²) in [7, 11) is 0. The molecule has 1 aliphatic heterocycles. The van der Waals surface area contributed by atoms with E-state index in [4.69, 9.17) is 0 Å². The van der Waals surface area contributed by atoms with Crippen LogP contribution in [0.3, 0.4) is 0 Å². The van der Waals surface area contributed by atoms with Gasteiger partial charge in [0.15, 0.2) is 0 Å². The molecule has 112 valence electrons. The molecule has 2 aromatic carbocycles. The minimum Gasteiger partial charge on any atom is -0.310 e. The van der Waals surface area contributed by atoms with Gasteiger partial charge in [-0.3, -0.25) is 4.98 Å². The largest absolute Gasteiger partial charge is 2.00 e. The third kappa shape index (κ3) is 4.17. The molecule has 4 rings (SSSR count). The molecule has 0 saturated carbocycles. The van der Waals surface area contributed by atoms with E-state index in [1.807, 2.05) is 66.9 Å². The van der Waals surface area contributed by atoms with Gasteiger partial charge in [-0.15, -0.1) is 11.6 Å². The SMILES string of the molecule is [Fe+2].c1cc[cH-]c1.c1ccc(C2CC(c3ccc[cH-]3)=NN2)nc1. The standard InChI is InChI=1S/C13H12N3.C5H5.Fe/c1-2-6-10(5-1)12-9-13(16-15-12)11-7-3-4-8-14-11;1-2-4-5-3-1;/h1-8,13,16H,9H2;1-5H;/q2*-1;+2. The summed E-state index contributed by atoms with van der Waals surface area (Å²) < 4.78 is 0. The van der Waals surface area contributed by atoms with Gasteiger partial charge < -0.3 is 5.43 Å². The predicted molar refractivity (Wildman–Crippen MR) is 85.3 cm³/mol. The Kier molecular flexibility index (Phi) is 6.13. The number of hydrogen-bond acceptors (Lipinski definition) is 3. The number of hydrazone groups is 1. The van der Waals surface area contributed by atoms with Gasteiger partial charge in [-0.1, -0.05) is 6.07 Å². The first kappa shape index (κ1) is 16.2. The molecule has 0 amide bonds. The number of nitrogens with zero attached hydrogens (tertiary/aromatic N) is 2. The Morgan fingerprint density at radius 2 is 1.86 bits per heavy atom. The zero-order valence-corrected chi connectivity index (χ0v) is 13.1. The van der Waals surface area contributed by atoms with Crippen molar-refractivity contribution < 1.29 is 17.1 Å². The second-order valence-electron chi connectivity index (χ2n) is 4.83. The minimum absolute atomic E-state index is 0. The maximum atomic E-state index is 4.36. The number of pyridine rings is 1. The molecule has 1 aromatic heterocycles. The maximum absolute atomic E-state index is 4.36. The van der Waals surface area contributed by atoms with Gasteiger partial charge in [0, 0.05) is 6.20 Å². The van der Waals surface area contributed by atoms with Gasteiger partial charge in [0.1, 0.15) is 0 Å². The van der Waals surface area contributed by atoms with Gasteiger partial charge in [0.25, 0.3) is 0 Å². The van der Waals surface area contributed by atoms with E-state index in [9.17, 15) is 0 Å². The minimum atomic E-state index is 0. The molecular formula is C18H17FeN3. The van der Waals surface area contributed by atoms with E-state index in [0.29, 0.717) is 0 Å². The van der Waals surface area contributed by atoms with E-state index in [1.165, 1.54) is 5.56 Å². The van der Waals surface area contributed by atoms with Gasteiger partial charge >= 0.3 is 17.1 Å². The molecule has 0 saturated heterocycles. The number of nitrogens with one attached hydrogen (secondary N) is 1. The average molecular weight is 331 g/mol. The van der Waals surface area contributed by atoms with Crippen LogP contribution in [0.15, 0.2) is 84.1 Å². The van der Waals surface area contributed by atoms with Crippen LogP contribution in [-0.2, 0) is 17.1 Å². The Morgan fingerprint density at radius 3 is 2.45 bits per heavy atom. The molecule has 1 unspecified atom stereocenters.